The fourth-order valence-corrected chi connectivity index (χ4v) is 2.92. The van der Waals surface area contributed by atoms with Crippen molar-refractivity contribution in [2.24, 2.45) is 0 Å². The summed E-state index contributed by atoms with van der Waals surface area (Å²) < 4.78 is 19.5. The summed E-state index contributed by atoms with van der Waals surface area (Å²) in [5.74, 6) is 0.868. The Bertz CT molecular complexity index is 655. The number of benzene rings is 2. The van der Waals surface area contributed by atoms with Crippen molar-refractivity contribution in [3.63, 3.8) is 0 Å². The average molecular weight is 372 g/mol. The van der Waals surface area contributed by atoms with E-state index in [0.717, 1.165) is 27.5 Å². The molecule has 0 fully saturated rings. The summed E-state index contributed by atoms with van der Waals surface area (Å²) in [6, 6.07) is 8.78. The number of halogens is 3. The fraction of sp³-hybridized carbons (Fsp3) is 0.294. The summed E-state index contributed by atoms with van der Waals surface area (Å²) in [4.78, 5) is 0. The van der Waals surface area contributed by atoms with E-state index in [1.807, 2.05) is 19.1 Å². The van der Waals surface area contributed by atoms with Crippen LogP contribution in [0.5, 0.6) is 5.75 Å². The third-order valence-electron chi connectivity index (χ3n) is 3.29. The van der Waals surface area contributed by atoms with Crippen molar-refractivity contribution in [1.82, 2.24) is 0 Å². The lowest BCUT2D eigenvalue weighted by Gasteiger charge is -2.15. The Labute approximate surface area is 138 Å². The van der Waals surface area contributed by atoms with Crippen LogP contribution in [0.15, 0.2) is 34.8 Å². The molecule has 0 amide bonds. The van der Waals surface area contributed by atoms with Gasteiger partial charge in [-0.3, -0.25) is 0 Å². The van der Waals surface area contributed by atoms with Gasteiger partial charge >= 0.3 is 0 Å². The Morgan fingerprint density at radius 1 is 1.24 bits per heavy atom. The molecule has 0 heterocycles. The first kappa shape index (κ1) is 16.3. The molecule has 2 aromatic carbocycles. The van der Waals surface area contributed by atoms with Gasteiger partial charge in [-0.2, -0.15) is 0 Å². The molecule has 0 saturated heterocycles. The Morgan fingerprint density at radius 3 is 2.57 bits per heavy atom. The number of hydrogen-bond donors (Lipinski definition) is 0. The summed E-state index contributed by atoms with van der Waals surface area (Å²) in [7, 11) is 0. The standard InChI is InChI=1S/C17H17BrClFO/c1-10(2)13-8-17(11(3)6-15(13)19)21-9-12-4-5-16(20)14(18)7-12/h4-8,10H,9H2,1-3H3. The van der Waals surface area contributed by atoms with E-state index in [-0.39, 0.29) is 5.82 Å². The van der Waals surface area contributed by atoms with Crippen LogP contribution in [0.4, 0.5) is 4.39 Å². The summed E-state index contributed by atoms with van der Waals surface area (Å²) in [5, 5.41) is 0.763. The van der Waals surface area contributed by atoms with Gasteiger partial charge in [0, 0.05) is 5.02 Å². The molecular formula is C17H17BrClFO. The summed E-state index contributed by atoms with van der Waals surface area (Å²) in [5.41, 5.74) is 2.96. The van der Waals surface area contributed by atoms with Crippen LogP contribution in [-0.2, 0) is 6.61 Å². The zero-order valence-electron chi connectivity index (χ0n) is 12.2. The molecule has 2 rings (SSSR count). The van der Waals surface area contributed by atoms with E-state index in [1.165, 1.54) is 6.07 Å². The van der Waals surface area contributed by atoms with Gasteiger partial charge in [-0.05, 0) is 69.7 Å². The van der Waals surface area contributed by atoms with Crippen LogP contribution < -0.4 is 4.74 Å². The van der Waals surface area contributed by atoms with Crippen molar-refractivity contribution >= 4 is 27.5 Å². The molecule has 0 spiro atoms. The molecule has 0 aliphatic carbocycles. The van der Waals surface area contributed by atoms with Gasteiger partial charge in [0.1, 0.15) is 18.2 Å². The van der Waals surface area contributed by atoms with Crippen LogP contribution in [0.25, 0.3) is 0 Å². The fourth-order valence-electron chi connectivity index (χ4n) is 2.06. The molecule has 0 N–H and O–H groups in total. The molecule has 4 heteroatoms. The van der Waals surface area contributed by atoms with Crippen molar-refractivity contribution in [2.45, 2.75) is 33.3 Å². The van der Waals surface area contributed by atoms with Gasteiger partial charge < -0.3 is 4.74 Å². The number of ether oxygens (including phenoxy) is 1. The van der Waals surface area contributed by atoms with E-state index in [1.54, 1.807) is 12.1 Å². The molecule has 0 aromatic heterocycles. The second-order valence-corrected chi connectivity index (χ2v) is 6.59. The van der Waals surface area contributed by atoms with Crippen LogP contribution in [0.1, 0.15) is 36.5 Å². The molecule has 2 aromatic rings. The number of rotatable bonds is 4. The predicted molar refractivity (Wildman–Crippen MR) is 88.7 cm³/mol. The smallest absolute Gasteiger partial charge is 0.137 e. The second-order valence-electron chi connectivity index (χ2n) is 5.33. The van der Waals surface area contributed by atoms with Crippen molar-refractivity contribution in [3.8, 4) is 5.75 Å². The van der Waals surface area contributed by atoms with Crippen LogP contribution in [0.3, 0.4) is 0 Å². The van der Waals surface area contributed by atoms with Crippen LogP contribution >= 0.6 is 27.5 Å². The Hall–Kier alpha value is -1.06. The lowest BCUT2D eigenvalue weighted by Crippen LogP contribution is -2.00. The summed E-state index contributed by atoms with van der Waals surface area (Å²) in [6.07, 6.45) is 0. The highest BCUT2D eigenvalue weighted by atomic mass is 79.9. The van der Waals surface area contributed by atoms with Crippen LogP contribution in [-0.4, -0.2) is 0 Å². The average Bonchev–Trinajstić information content (AvgIpc) is 2.41. The predicted octanol–water partition coefficient (Wildman–Crippen LogP) is 6.25. The molecular weight excluding hydrogens is 355 g/mol. The SMILES string of the molecule is Cc1cc(Cl)c(C(C)C)cc1OCc1ccc(F)c(Br)c1. The van der Waals surface area contributed by atoms with E-state index in [2.05, 4.69) is 29.8 Å². The molecule has 0 unspecified atom stereocenters. The Kier molecular flexibility index (Phi) is 5.28. The van der Waals surface area contributed by atoms with Crippen LogP contribution in [0.2, 0.25) is 5.02 Å². The van der Waals surface area contributed by atoms with Gasteiger partial charge in [-0.1, -0.05) is 31.5 Å². The lowest BCUT2D eigenvalue weighted by atomic mass is 10.0. The first-order valence-corrected chi connectivity index (χ1v) is 7.92. The lowest BCUT2D eigenvalue weighted by molar-refractivity contribution is 0.303. The van der Waals surface area contributed by atoms with E-state index >= 15 is 0 Å². The topological polar surface area (TPSA) is 9.23 Å². The van der Waals surface area contributed by atoms with Crippen molar-refractivity contribution in [2.75, 3.05) is 0 Å². The van der Waals surface area contributed by atoms with E-state index in [4.69, 9.17) is 16.3 Å². The molecule has 0 atom stereocenters. The maximum atomic E-state index is 13.2. The van der Waals surface area contributed by atoms with Crippen molar-refractivity contribution < 1.29 is 9.13 Å². The van der Waals surface area contributed by atoms with Gasteiger partial charge in [0.15, 0.2) is 0 Å². The van der Waals surface area contributed by atoms with Crippen LogP contribution in [0, 0.1) is 12.7 Å². The first-order valence-electron chi connectivity index (χ1n) is 6.75. The molecule has 0 saturated carbocycles. The zero-order valence-corrected chi connectivity index (χ0v) is 14.6. The van der Waals surface area contributed by atoms with E-state index in [0.29, 0.717) is 17.0 Å². The highest BCUT2D eigenvalue weighted by molar-refractivity contribution is 9.10. The largest absolute Gasteiger partial charge is 0.489 e. The van der Waals surface area contributed by atoms with Gasteiger partial charge in [0.2, 0.25) is 0 Å². The normalized spacial score (nSPS) is 11.0. The Balaban J connectivity index is 2.19. The minimum Gasteiger partial charge on any atom is -0.489 e. The molecule has 0 radical (unpaired) electrons. The Morgan fingerprint density at radius 2 is 1.95 bits per heavy atom. The zero-order chi connectivity index (χ0) is 15.6. The molecule has 0 aliphatic heterocycles. The quantitative estimate of drug-likeness (QED) is 0.617. The summed E-state index contributed by atoms with van der Waals surface area (Å²) in [6.45, 7) is 6.54. The third kappa shape index (κ3) is 3.98. The first-order chi connectivity index (χ1) is 9.88. The highest BCUT2D eigenvalue weighted by Gasteiger charge is 2.10. The van der Waals surface area contributed by atoms with Gasteiger partial charge in [-0.25, -0.2) is 4.39 Å². The maximum Gasteiger partial charge on any atom is 0.137 e. The number of aryl methyl sites for hydroxylation is 1. The van der Waals surface area contributed by atoms with Crippen molar-refractivity contribution in [3.05, 3.63) is 62.3 Å². The van der Waals surface area contributed by atoms with Crippen molar-refractivity contribution in [1.29, 1.82) is 0 Å². The maximum absolute atomic E-state index is 13.2. The molecule has 112 valence electrons. The minimum atomic E-state index is -0.275. The third-order valence-corrected chi connectivity index (χ3v) is 4.23. The molecule has 0 aliphatic rings. The molecule has 1 nitrogen and oxygen atoms in total. The highest BCUT2D eigenvalue weighted by Crippen LogP contribution is 2.32. The number of hydrogen-bond acceptors (Lipinski definition) is 1. The minimum absolute atomic E-state index is 0.275. The van der Waals surface area contributed by atoms with Gasteiger partial charge in [0.05, 0.1) is 4.47 Å². The molecule has 0 bridgehead atoms. The second kappa shape index (κ2) is 6.80. The van der Waals surface area contributed by atoms with E-state index < -0.39 is 0 Å². The summed E-state index contributed by atoms with van der Waals surface area (Å²) >= 11 is 9.43. The van der Waals surface area contributed by atoms with Gasteiger partial charge in [-0.15, -0.1) is 0 Å². The molecule has 21 heavy (non-hydrogen) atoms. The van der Waals surface area contributed by atoms with Gasteiger partial charge in [0.25, 0.3) is 0 Å². The monoisotopic (exact) mass is 370 g/mol. The van der Waals surface area contributed by atoms with E-state index in [9.17, 15) is 4.39 Å².